The molecule has 0 fully saturated rings. The van der Waals surface area contributed by atoms with Crippen LogP contribution in [0.1, 0.15) is 32.0 Å². The van der Waals surface area contributed by atoms with Gasteiger partial charge >= 0.3 is 5.97 Å². The SMILES string of the molecule is COC(=O)c1cc(CNC(=O)/C=C/c2cnc[nH]2)cc(NC(=O)c2ccccc2Cl)c1. The van der Waals surface area contributed by atoms with Crippen LogP contribution >= 0.6 is 11.6 Å². The van der Waals surface area contributed by atoms with Crippen molar-refractivity contribution in [2.45, 2.75) is 6.54 Å². The summed E-state index contributed by atoms with van der Waals surface area (Å²) in [4.78, 5) is 43.4. The molecule has 0 spiro atoms. The Morgan fingerprint density at radius 1 is 1.19 bits per heavy atom. The Bertz CT molecular complexity index is 1130. The first-order chi connectivity index (χ1) is 15.0. The zero-order chi connectivity index (χ0) is 22.2. The molecule has 0 aliphatic heterocycles. The van der Waals surface area contributed by atoms with E-state index in [1.807, 2.05) is 0 Å². The first-order valence-corrected chi connectivity index (χ1v) is 9.56. The van der Waals surface area contributed by atoms with Gasteiger partial charge in [-0.25, -0.2) is 9.78 Å². The number of benzene rings is 2. The molecule has 0 radical (unpaired) electrons. The molecule has 9 heteroatoms. The molecule has 0 saturated heterocycles. The molecule has 1 aromatic heterocycles. The van der Waals surface area contributed by atoms with Crippen LogP contribution in [0.3, 0.4) is 0 Å². The Balaban J connectivity index is 1.75. The molecule has 3 rings (SSSR count). The van der Waals surface area contributed by atoms with Gasteiger partial charge in [0.25, 0.3) is 5.91 Å². The number of hydrogen-bond donors (Lipinski definition) is 3. The summed E-state index contributed by atoms with van der Waals surface area (Å²) < 4.78 is 4.78. The Morgan fingerprint density at radius 3 is 2.71 bits per heavy atom. The van der Waals surface area contributed by atoms with Gasteiger partial charge < -0.3 is 20.4 Å². The number of carbonyl (C=O) groups excluding carboxylic acids is 3. The number of methoxy groups -OCH3 is 1. The van der Waals surface area contributed by atoms with Crippen molar-refractivity contribution in [2.75, 3.05) is 12.4 Å². The van der Waals surface area contributed by atoms with Gasteiger partial charge in [0.05, 0.1) is 41.5 Å². The Hall–Kier alpha value is -3.91. The summed E-state index contributed by atoms with van der Waals surface area (Å²) in [5.74, 6) is -1.33. The predicted molar refractivity (Wildman–Crippen MR) is 117 cm³/mol. The number of nitrogens with one attached hydrogen (secondary N) is 3. The minimum atomic E-state index is -0.569. The number of amides is 2. The van der Waals surface area contributed by atoms with E-state index in [9.17, 15) is 14.4 Å². The van der Waals surface area contributed by atoms with Gasteiger partial charge in [-0.2, -0.15) is 0 Å². The fourth-order valence-corrected chi connectivity index (χ4v) is 2.94. The number of carbonyl (C=O) groups is 3. The molecule has 31 heavy (non-hydrogen) atoms. The second kappa shape index (κ2) is 10.2. The van der Waals surface area contributed by atoms with E-state index in [1.165, 1.54) is 25.6 Å². The molecule has 0 bridgehead atoms. The molecule has 0 aliphatic carbocycles. The van der Waals surface area contributed by atoms with Crippen LogP contribution in [-0.2, 0) is 16.1 Å². The Morgan fingerprint density at radius 2 is 2.00 bits per heavy atom. The number of rotatable bonds is 7. The van der Waals surface area contributed by atoms with E-state index in [0.29, 0.717) is 27.5 Å². The van der Waals surface area contributed by atoms with Crippen LogP contribution in [0.5, 0.6) is 0 Å². The number of hydrogen-bond acceptors (Lipinski definition) is 5. The summed E-state index contributed by atoms with van der Waals surface area (Å²) in [6.07, 6.45) is 6.03. The van der Waals surface area contributed by atoms with Crippen molar-refractivity contribution in [3.8, 4) is 0 Å². The maximum atomic E-state index is 12.6. The number of aromatic amines is 1. The molecule has 2 aromatic carbocycles. The molecule has 8 nitrogen and oxygen atoms in total. The van der Waals surface area contributed by atoms with Crippen LogP contribution in [-0.4, -0.2) is 34.9 Å². The maximum absolute atomic E-state index is 12.6. The highest BCUT2D eigenvalue weighted by atomic mass is 35.5. The summed E-state index contributed by atoms with van der Waals surface area (Å²) in [5.41, 5.74) is 2.18. The van der Waals surface area contributed by atoms with Crippen molar-refractivity contribution < 1.29 is 19.1 Å². The molecular weight excluding hydrogens is 420 g/mol. The summed E-state index contributed by atoms with van der Waals surface area (Å²) >= 11 is 6.08. The molecule has 3 aromatic rings. The lowest BCUT2D eigenvalue weighted by Crippen LogP contribution is -2.21. The predicted octanol–water partition coefficient (Wildman–Crippen LogP) is 3.43. The second-order valence-electron chi connectivity index (χ2n) is 6.40. The highest BCUT2D eigenvalue weighted by Gasteiger charge is 2.14. The van der Waals surface area contributed by atoms with E-state index >= 15 is 0 Å². The summed E-state index contributed by atoms with van der Waals surface area (Å²) in [7, 11) is 1.26. The van der Waals surface area contributed by atoms with Crippen LogP contribution < -0.4 is 10.6 Å². The van der Waals surface area contributed by atoms with Gasteiger partial charge in [-0.15, -0.1) is 0 Å². The zero-order valence-corrected chi connectivity index (χ0v) is 17.3. The number of nitrogens with zero attached hydrogens (tertiary/aromatic N) is 1. The second-order valence-corrected chi connectivity index (χ2v) is 6.81. The number of H-pyrrole nitrogens is 1. The Labute approximate surface area is 183 Å². The van der Waals surface area contributed by atoms with Gasteiger partial charge in [-0.1, -0.05) is 23.7 Å². The molecular formula is C22H19ClN4O4. The first-order valence-electron chi connectivity index (χ1n) is 9.18. The molecule has 158 valence electrons. The van der Waals surface area contributed by atoms with Crippen molar-refractivity contribution >= 4 is 41.1 Å². The zero-order valence-electron chi connectivity index (χ0n) is 16.5. The molecule has 3 N–H and O–H groups in total. The van der Waals surface area contributed by atoms with Crippen LogP contribution in [0.15, 0.2) is 61.1 Å². The van der Waals surface area contributed by atoms with E-state index in [4.69, 9.17) is 16.3 Å². The van der Waals surface area contributed by atoms with E-state index < -0.39 is 11.9 Å². The smallest absolute Gasteiger partial charge is 0.337 e. The number of esters is 1. The average Bonchev–Trinajstić information content (AvgIpc) is 3.29. The van der Waals surface area contributed by atoms with Crippen molar-refractivity contribution in [3.63, 3.8) is 0 Å². The van der Waals surface area contributed by atoms with Gasteiger partial charge in [0.15, 0.2) is 0 Å². The third-order valence-corrected chi connectivity index (χ3v) is 4.52. The van der Waals surface area contributed by atoms with Gasteiger partial charge in [-0.3, -0.25) is 9.59 Å². The first kappa shape index (κ1) is 21.8. The van der Waals surface area contributed by atoms with Crippen LogP contribution in [0.4, 0.5) is 5.69 Å². The third-order valence-electron chi connectivity index (χ3n) is 4.19. The van der Waals surface area contributed by atoms with E-state index in [0.717, 1.165) is 0 Å². The fourth-order valence-electron chi connectivity index (χ4n) is 2.72. The fraction of sp³-hybridized carbons (Fsp3) is 0.0909. The lowest BCUT2D eigenvalue weighted by atomic mass is 10.1. The van der Waals surface area contributed by atoms with E-state index in [1.54, 1.807) is 48.7 Å². The van der Waals surface area contributed by atoms with Gasteiger partial charge in [0.2, 0.25) is 5.91 Å². The normalized spacial score (nSPS) is 10.6. The number of ether oxygens (including phenoxy) is 1. The maximum Gasteiger partial charge on any atom is 0.337 e. The molecule has 0 atom stereocenters. The minimum absolute atomic E-state index is 0.131. The standard InChI is InChI=1S/C22H19ClN4O4/c1-31-22(30)15-8-14(11-25-20(28)7-6-16-12-24-13-26-16)9-17(10-15)27-21(29)18-4-2-3-5-19(18)23/h2-10,12-13H,11H2,1H3,(H,24,26)(H,25,28)(H,27,29)/b7-6+. The van der Waals surface area contributed by atoms with Crippen molar-refractivity contribution in [2.24, 2.45) is 0 Å². The van der Waals surface area contributed by atoms with Crippen LogP contribution in [0, 0.1) is 0 Å². The van der Waals surface area contributed by atoms with Gasteiger partial charge in [0, 0.05) is 18.3 Å². The van der Waals surface area contributed by atoms with Crippen molar-refractivity contribution in [1.29, 1.82) is 0 Å². The average molecular weight is 439 g/mol. The summed E-state index contributed by atoms with van der Waals surface area (Å²) in [6.45, 7) is 0.131. The highest BCUT2D eigenvalue weighted by Crippen LogP contribution is 2.20. The molecule has 2 amide bonds. The molecule has 0 aliphatic rings. The number of halogens is 1. The highest BCUT2D eigenvalue weighted by molar-refractivity contribution is 6.34. The Kier molecular flexibility index (Phi) is 7.18. The van der Waals surface area contributed by atoms with Crippen LogP contribution in [0.2, 0.25) is 5.02 Å². The lowest BCUT2D eigenvalue weighted by molar-refractivity contribution is -0.116. The summed E-state index contributed by atoms with van der Waals surface area (Å²) in [5, 5.41) is 5.75. The number of imidazole rings is 1. The summed E-state index contributed by atoms with van der Waals surface area (Å²) in [6, 6.07) is 11.3. The molecule has 0 saturated carbocycles. The molecule has 0 unspecified atom stereocenters. The van der Waals surface area contributed by atoms with Gasteiger partial charge in [-0.05, 0) is 42.0 Å². The largest absolute Gasteiger partial charge is 0.465 e. The number of aromatic nitrogens is 2. The molecule has 1 heterocycles. The van der Waals surface area contributed by atoms with Gasteiger partial charge in [0.1, 0.15) is 0 Å². The van der Waals surface area contributed by atoms with Crippen molar-refractivity contribution in [3.05, 3.63) is 88.5 Å². The van der Waals surface area contributed by atoms with Crippen molar-refractivity contribution in [1.82, 2.24) is 15.3 Å². The minimum Gasteiger partial charge on any atom is -0.465 e. The third kappa shape index (κ3) is 6.03. The van der Waals surface area contributed by atoms with Crippen LogP contribution in [0.25, 0.3) is 6.08 Å². The lowest BCUT2D eigenvalue weighted by Gasteiger charge is -2.11. The quantitative estimate of drug-likeness (QED) is 0.386. The van der Waals surface area contributed by atoms with E-state index in [2.05, 4.69) is 20.6 Å². The topological polar surface area (TPSA) is 113 Å². The monoisotopic (exact) mass is 438 g/mol. The number of anilines is 1. The van der Waals surface area contributed by atoms with E-state index in [-0.39, 0.29) is 18.0 Å².